The Morgan fingerprint density at radius 3 is 2.08 bits per heavy atom. The maximum absolute atomic E-state index is 6.03. The van der Waals surface area contributed by atoms with Gasteiger partial charge in [-0.25, -0.2) is 4.98 Å². The van der Waals surface area contributed by atoms with Gasteiger partial charge in [-0.3, -0.25) is 0 Å². The van der Waals surface area contributed by atoms with Crippen LogP contribution >= 0.6 is 34.8 Å². The van der Waals surface area contributed by atoms with Gasteiger partial charge in [-0.05, 0) is 11.0 Å². The van der Waals surface area contributed by atoms with Crippen LogP contribution in [0, 0.1) is 0 Å². The minimum atomic E-state index is -0.0711. The molecule has 13 heavy (non-hydrogen) atoms. The molecular weight excluding hydrogens is 228 g/mol. The summed E-state index contributed by atoms with van der Waals surface area (Å²) in [4.78, 5) is 3.95. The molecule has 72 valence electrons. The molecule has 0 amide bonds. The van der Waals surface area contributed by atoms with Crippen molar-refractivity contribution in [2.24, 2.45) is 0 Å². The molecular formula is C9H10Cl3N. The van der Waals surface area contributed by atoms with Crippen LogP contribution in [0.15, 0.2) is 6.20 Å². The zero-order valence-corrected chi connectivity index (χ0v) is 9.93. The molecule has 0 fully saturated rings. The lowest BCUT2D eigenvalue weighted by Crippen LogP contribution is -2.12. The molecule has 0 radical (unpaired) electrons. The van der Waals surface area contributed by atoms with Gasteiger partial charge >= 0.3 is 0 Å². The van der Waals surface area contributed by atoms with E-state index in [1.54, 1.807) is 6.20 Å². The van der Waals surface area contributed by atoms with Gasteiger partial charge in [0.1, 0.15) is 5.15 Å². The van der Waals surface area contributed by atoms with Gasteiger partial charge in [0.25, 0.3) is 0 Å². The minimum Gasteiger partial charge on any atom is -0.243 e. The molecule has 1 aromatic heterocycles. The van der Waals surface area contributed by atoms with Crippen molar-refractivity contribution < 1.29 is 0 Å². The smallest absolute Gasteiger partial charge is 0.149 e. The molecule has 4 heteroatoms. The number of nitrogens with zero attached hydrogens (tertiary/aromatic N) is 1. The van der Waals surface area contributed by atoms with Crippen molar-refractivity contribution in [1.82, 2.24) is 4.98 Å². The first-order valence-electron chi connectivity index (χ1n) is 3.84. The lowest BCUT2D eigenvalue weighted by Gasteiger charge is -2.20. The molecule has 1 heterocycles. The number of aromatic nitrogens is 1. The largest absolute Gasteiger partial charge is 0.243 e. The van der Waals surface area contributed by atoms with Gasteiger partial charge < -0.3 is 0 Å². The molecule has 0 unspecified atom stereocenters. The van der Waals surface area contributed by atoms with Crippen molar-refractivity contribution in [2.75, 3.05) is 0 Å². The Hall–Kier alpha value is 0.0200. The SMILES string of the molecule is CC(C)(C)c1cnc(Cl)c(Cl)c1Cl. The fourth-order valence-corrected chi connectivity index (χ4v) is 1.73. The second kappa shape index (κ2) is 3.64. The van der Waals surface area contributed by atoms with Gasteiger partial charge in [0, 0.05) is 6.20 Å². The molecule has 0 aliphatic carbocycles. The zero-order valence-electron chi connectivity index (χ0n) is 7.66. The van der Waals surface area contributed by atoms with Gasteiger partial charge in [0.15, 0.2) is 0 Å². The fourth-order valence-electron chi connectivity index (χ4n) is 0.966. The number of halogens is 3. The molecule has 0 spiro atoms. The van der Waals surface area contributed by atoms with Crippen LogP contribution in [0.1, 0.15) is 26.3 Å². The second-order valence-corrected chi connectivity index (χ2v) is 4.95. The molecule has 0 bridgehead atoms. The van der Waals surface area contributed by atoms with Crippen LogP contribution < -0.4 is 0 Å². The van der Waals surface area contributed by atoms with E-state index >= 15 is 0 Å². The highest BCUT2D eigenvalue weighted by atomic mass is 35.5. The van der Waals surface area contributed by atoms with Gasteiger partial charge in [0.2, 0.25) is 0 Å². The molecule has 0 aliphatic rings. The first kappa shape index (κ1) is 11.1. The van der Waals surface area contributed by atoms with E-state index in [9.17, 15) is 0 Å². The third-order valence-electron chi connectivity index (χ3n) is 1.73. The van der Waals surface area contributed by atoms with E-state index in [0.717, 1.165) is 5.56 Å². The van der Waals surface area contributed by atoms with Crippen LogP contribution in [-0.2, 0) is 5.41 Å². The van der Waals surface area contributed by atoms with E-state index in [1.165, 1.54) is 0 Å². The molecule has 0 aromatic carbocycles. The van der Waals surface area contributed by atoms with E-state index in [0.29, 0.717) is 10.0 Å². The third kappa shape index (κ3) is 2.28. The second-order valence-electron chi connectivity index (χ2n) is 3.84. The fraction of sp³-hybridized carbons (Fsp3) is 0.444. The first-order chi connectivity index (χ1) is 5.84. The van der Waals surface area contributed by atoms with E-state index < -0.39 is 0 Å². The summed E-state index contributed by atoms with van der Waals surface area (Å²) in [5, 5.41) is 1.07. The summed E-state index contributed by atoms with van der Waals surface area (Å²) in [5.74, 6) is 0. The number of hydrogen-bond acceptors (Lipinski definition) is 1. The number of hydrogen-bond donors (Lipinski definition) is 0. The Kier molecular flexibility index (Phi) is 3.11. The normalized spacial score (nSPS) is 11.8. The molecule has 0 N–H and O–H groups in total. The Bertz CT molecular complexity index is 328. The summed E-state index contributed by atoms with van der Waals surface area (Å²) in [6.07, 6.45) is 1.66. The average molecular weight is 239 g/mol. The van der Waals surface area contributed by atoms with Crippen LogP contribution in [0.4, 0.5) is 0 Å². The molecule has 0 saturated heterocycles. The highest BCUT2D eigenvalue weighted by Gasteiger charge is 2.20. The summed E-state index contributed by atoms with van der Waals surface area (Å²) in [6, 6.07) is 0. The predicted octanol–water partition coefficient (Wildman–Crippen LogP) is 4.34. The quantitative estimate of drug-likeness (QED) is 0.613. The Morgan fingerprint density at radius 2 is 1.62 bits per heavy atom. The standard InChI is InChI=1S/C9H10Cl3N/c1-9(2,3)5-4-13-8(12)7(11)6(5)10/h4H,1-3H3. The van der Waals surface area contributed by atoms with Crippen molar-refractivity contribution in [3.8, 4) is 0 Å². The predicted molar refractivity (Wildman–Crippen MR) is 58.0 cm³/mol. The molecule has 1 rings (SSSR count). The van der Waals surface area contributed by atoms with Crippen LogP contribution in [0.2, 0.25) is 15.2 Å². The molecule has 1 aromatic rings. The minimum absolute atomic E-state index is 0.0711. The molecule has 1 nitrogen and oxygen atoms in total. The van der Waals surface area contributed by atoms with E-state index in [1.807, 2.05) is 20.8 Å². The summed E-state index contributed by atoms with van der Waals surface area (Å²) in [7, 11) is 0. The van der Waals surface area contributed by atoms with E-state index in [-0.39, 0.29) is 10.6 Å². The lowest BCUT2D eigenvalue weighted by atomic mass is 9.88. The number of pyridine rings is 1. The highest BCUT2D eigenvalue weighted by Crippen LogP contribution is 2.36. The molecule has 0 aliphatic heterocycles. The van der Waals surface area contributed by atoms with Crippen molar-refractivity contribution in [3.63, 3.8) is 0 Å². The van der Waals surface area contributed by atoms with Crippen LogP contribution in [0.25, 0.3) is 0 Å². The maximum atomic E-state index is 6.03. The van der Waals surface area contributed by atoms with E-state index in [2.05, 4.69) is 4.98 Å². The maximum Gasteiger partial charge on any atom is 0.149 e. The van der Waals surface area contributed by atoms with Gasteiger partial charge in [-0.2, -0.15) is 0 Å². The van der Waals surface area contributed by atoms with Crippen molar-refractivity contribution in [1.29, 1.82) is 0 Å². The summed E-state index contributed by atoms with van der Waals surface area (Å²) in [6.45, 7) is 6.13. The molecule has 0 atom stereocenters. The Balaban J connectivity index is 3.35. The van der Waals surface area contributed by atoms with Crippen molar-refractivity contribution in [3.05, 3.63) is 27.0 Å². The van der Waals surface area contributed by atoms with Crippen molar-refractivity contribution in [2.45, 2.75) is 26.2 Å². The van der Waals surface area contributed by atoms with Gasteiger partial charge in [-0.1, -0.05) is 55.6 Å². The monoisotopic (exact) mass is 237 g/mol. The molecule has 0 saturated carbocycles. The Morgan fingerprint density at radius 1 is 1.08 bits per heavy atom. The summed E-state index contributed by atoms with van der Waals surface area (Å²) >= 11 is 17.6. The topological polar surface area (TPSA) is 12.9 Å². The highest BCUT2D eigenvalue weighted by molar-refractivity contribution is 6.47. The van der Waals surface area contributed by atoms with Crippen LogP contribution in [0.3, 0.4) is 0 Å². The lowest BCUT2D eigenvalue weighted by molar-refractivity contribution is 0.588. The number of rotatable bonds is 0. The summed E-state index contributed by atoms with van der Waals surface area (Å²) < 4.78 is 0. The third-order valence-corrected chi connectivity index (χ3v) is 2.97. The average Bonchev–Trinajstić information content (AvgIpc) is 1.98. The Labute approximate surface area is 93.0 Å². The summed E-state index contributed by atoms with van der Waals surface area (Å²) in [5.41, 5.74) is 0.835. The van der Waals surface area contributed by atoms with E-state index in [4.69, 9.17) is 34.8 Å². The first-order valence-corrected chi connectivity index (χ1v) is 4.97. The van der Waals surface area contributed by atoms with Crippen LogP contribution in [-0.4, -0.2) is 4.98 Å². The van der Waals surface area contributed by atoms with Crippen molar-refractivity contribution >= 4 is 34.8 Å². The van der Waals surface area contributed by atoms with Crippen LogP contribution in [0.5, 0.6) is 0 Å². The zero-order chi connectivity index (χ0) is 10.2. The van der Waals surface area contributed by atoms with Gasteiger partial charge in [-0.15, -0.1) is 0 Å². The van der Waals surface area contributed by atoms with Gasteiger partial charge in [0.05, 0.1) is 10.0 Å².